The Balaban J connectivity index is 1.64. The number of halogens is 2. The Morgan fingerprint density at radius 1 is 1.47 bits per heavy atom. The molecule has 3 rings (SSSR count). The summed E-state index contributed by atoms with van der Waals surface area (Å²) in [4.78, 5) is 41.9. The molecule has 10 heteroatoms. The van der Waals surface area contributed by atoms with Gasteiger partial charge in [-0.05, 0) is 53.7 Å². The molecule has 162 valence electrons. The molecule has 0 aromatic carbocycles. The summed E-state index contributed by atoms with van der Waals surface area (Å²) >= 11 is 2.95. The molecule has 3 unspecified atom stereocenters. The second-order valence-electron chi connectivity index (χ2n) is 7.94. The Labute approximate surface area is 182 Å². The fraction of sp³-hybridized carbons (Fsp3) is 0.500. The number of allylic oxidation sites excluding steroid dienone is 1. The van der Waals surface area contributed by atoms with E-state index in [4.69, 9.17) is 0 Å². The molecule has 1 aromatic rings. The average molecular weight is 483 g/mol. The molecular formula is C20H24BrFN4O4. The summed E-state index contributed by atoms with van der Waals surface area (Å²) in [6.07, 6.45) is 2.92. The number of nitrogens with zero attached hydrogens (tertiary/aromatic N) is 2. The normalized spacial score (nSPS) is 25.2. The number of rotatable bonds is 8. The summed E-state index contributed by atoms with van der Waals surface area (Å²) in [5.74, 6) is -1.24. The number of aromatic nitrogens is 1. The van der Waals surface area contributed by atoms with E-state index >= 15 is 0 Å². The van der Waals surface area contributed by atoms with Crippen molar-refractivity contribution < 1.29 is 23.9 Å². The number of likely N-dealkylation sites (tertiary alicyclic amines) is 1. The van der Waals surface area contributed by atoms with Crippen molar-refractivity contribution in [1.29, 1.82) is 0 Å². The first-order chi connectivity index (χ1) is 14.2. The molecule has 2 heterocycles. The SMILES string of the molecule is C=CCC[C@@H](C)C(=O)NCC12CC(C(=O)Nc3ccc(F)c(Br)n3)N(C(=O)O)C1C2. The highest BCUT2D eigenvalue weighted by Gasteiger charge is 2.67. The van der Waals surface area contributed by atoms with Crippen LogP contribution in [0.1, 0.15) is 32.6 Å². The lowest BCUT2D eigenvalue weighted by molar-refractivity contribution is -0.124. The van der Waals surface area contributed by atoms with Crippen LogP contribution in [-0.4, -0.2) is 51.5 Å². The van der Waals surface area contributed by atoms with E-state index in [1.807, 2.05) is 6.92 Å². The number of carboxylic acid groups (broad SMARTS) is 1. The number of hydrogen-bond acceptors (Lipinski definition) is 4. The Kier molecular flexibility index (Phi) is 6.44. The van der Waals surface area contributed by atoms with Crippen LogP contribution in [-0.2, 0) is 9.59 Å². The van der Waals surface area contributed by atoms with Gasteiger partial charge in [-0.15, -0.1) is 6.58 Å². The molecule has 30 heavy (non-hydrogen) atoms. The van der Waals surface area contributed by atoms with Crippen LogP contribution >= 0.6 is 15.9 Å². The number of carbonyl (C=O) groups excluding carboxylic acids is 2. The number of nitrogens with one attached hydrogen (secondary N) is 2. The average Bonchev–Trinajstić information content (AvgIpc) is 3.30. The van der Waals surface area contributed by atoms with Crippen molar-refractivity contribution in [3.63, 3.8) is 0 Å². The number of piperidine rings is 1. The van der Waals surface area contributed by atoms with Crippen LogP contribution in [0.15, 0.2) is 29.4 Å². The van der Waals surface area contributed by atoms with Crippen LogP contribution in [0.25, 0.3) is 0 Å². The van der Waals surface area contributed by atoms with Crippen LogP contribution in [0.3, 0.4) is 0 Å². The molecule has 0 spiro atoms. The standard InChI is InChI=1S/C20H24BrFN4O4/c1-3-4-5-11(2)17(27)23-10-20-8-13(26(19(29)30)14(20)9-20)18(28)25-15-7-6-12(22)16(21)24-15/h3,6-7,11,13-14H,1,4-5,8-10H2,2H3,(H,23,27)(H,29,30)(H,24,25,28)/t11-,13?,14?,20?/m1/s1. The van der Waals surface area contributed by atoms with Gasteiger partial charge in [-0.3, -0.25) is 14.5 Å². The molecule has 2 aliphatic rings. The Morgan fingerprint density at radius 2 is 2.20 bits per heavy atom. The van der Waals surface area contributed by atoms with Gasteiger partial charge in [-0.2, -0.15) is 0 Å². The van der Waals surface area contributed by atoms with Crippen molar-refractivity contribution in [2.45, 2.75) is 44.7 Å². The van der Waals surface area contributed by atoms with E-state index in [1.54, 1.807) is 6.08 Å². The maximum absolute atomic E-state index is 13.3. The number of pyridine rings is 1. The molecule has 8 nitrogen and oxygen atoms in total. The van der Waals surface area contributed by atoms with Crippen molar-refractivity contribution in [1.82, 2.24) is 15.2 Å². The van der Waals surface area contributed by atoms with Gasteiger partial charge in [-0.25, -0.2) is 14.2 Å². The molecular weight excluding hydrogens is 459 g/mol. The van der Waals surface area contributed by atoms with Gasteiger partial charge in [0, 0.05) is 23.9 Å². The zero-order valence-electron chi connectivity index (χ0n) is 16.5. The topological polar surface area (TPSA) is 112 Å². The fourth-order valence-corrected chi connectivity index (χ4v) is 4.34. The minimum atomic E-state index is -1.18. The molecule has 1 saturated heterocycles. The largest absolute Gasteiger partial charge is 0.465 e. The Bertz CT molecular complexity index is 882. The first-order valence-corrected chi connectivity index (χ1v) is 10.5. The summed E-state index contributed by atoms with van der Waals surface area (Å²) in [7, 11) is 0. The summed E-state index contributed by atoms with van der Waals surface area (Å²) in [6.45, 7) is 5.81. The highest BCUT2D eigenvalue weighted by molar-refractivity contribution is 9.10. The lowest BCUT2D eigenvalue weighted by atomic mass is 9.98. The lowest BCUT2D eigenvalue weighted by Gasteiger charge is -2.23. The third-order valence-corrected chi connectivity index (χ3v) is 6.42. The molecule has 0 bridgehead atoms. The predicted octanol–water partition coefficient (Wildman–Crippen LogP) is 3.15. The first-order valence-electron chi connectivity index (χ1n) is 9.71. The summed E-state index contributed by atoms with van der Waals surface area (Å²) in [6, 6.07) is 1.24. The number of hydrogen-bond donors (Lipinski definition) is 3. The van der Waals surface area contributed by atoms with Gasteiger partial charge in [0.05, 0.1) is 0 Å². The molecule has 3 N–H and O–H groups in total. The van der Waals surface area contributed by atoms with Crippen molar-refractivity contribution in [3.8, 4) is 0 Å². The first kappa shape index (κ1) is 22.2. The number of fused-ring (bicyclic) bond motifs is 1. The molecule has 1 aromatic heterocycles. The van der Waals surface area contributed by atoms with E-state index < -0.39 is 29.3 Å². The minimum absolute atomic E-state index is 0.0468. The van der Waals surface area contributed by atoms with Crippen LogP contribution < -0.4 is 10.6 Å². The smallest absolute Gasteiger partial charge is 0.408 e. The van der Waals surface area contributed by atoms with Gasteiger partial charge < -0.3 is 15.7 Å². The van der Waals surface area contributed by atoms with Crippen molar-refractivity contribution >= 4 is 39.7 Å². The van der Waals surface area contributed by atoms with E-state index in [1.165, 1.54) is 6.07 Å². The predicted molar refractivity (Wildman–Crippen MR) is 111 cm³/mol. The molecule has 0 radical (unpaired) electrons. The van der Waals surface area contributed by atoms with Gasteiger partial charge in [0.25, 0.3) is 0 Å². The van der Waals surface area contributed by atoms with Gasteiger partial charge in [0.1, 0.15) is 16.5 Å². The molecule has 3 amide bonds. The van der Waals surface area contributed by atoms with Crippen molar-refractivity contribution in [2.75, 3.05) is 11.9 Å². The molecule has 1 aliphatic carbocycles. The summed E-state index contributed by atoms with van der Waals surface area (Å²) in [5.41, 5.74) is -0.439. The number of amides is 3. The Hall–Kier alpha value is -2.49. The summed E-state index contributed by atoms with van der Waals surface area (Å²) in [5, 5.41) is 15.1. The second-order valence-corrected chi connectivity index (χ2v) is 8.69. The van der Waals surface area contributed by atoms with Crippen LogP contribution in [0.2, 0.25) is 0 Å². The van der Waals surface area contributed by atoms with Crippen molar-refractivity contribution in [3.05, 3.63) is 35.2 Å². The number of anilines is 1. The van der Waals surface area contributed by atoms with Crippen LogP contribution in [0, 0.1) is 17.2 Å². The van der Waals surface area contributed by atoms with Crippen molar-refractivity contribution in [2.24, 2.45) is 11.3 Å². The quantitative estimate of drug-likeness (QED) is 0.389. The maximum atomic E-state index is 13.3. The highest BCUT2D eigenvalue weighted by Crippen LogP contribution is 2.59. The Morgan fingerprint density at radius 3 is 2.83 bits per heavy atom. The van der Waals surface area contributed by atoms with Gasteiger partial charge in [0.15, 0.2) is 5.82 Å². The zero-order chi connectivity index (χ0) is 22.1. The third-order valence-electron chi connectivity index (χ3n) is 5.86. The second kappa shape index (κ2) is 8.71. The van der Waals surface area contributed by atoms with E-state index in [-0.39, 0.29) is 28.3 Å². The molecule has 1 saturated carbocycles. The zero-order valence-corrected chi connectivity index (χ0v) is 18.1. The van der Waals surface area contributed by atoms with E-state index in [9.17, 15) is 23.9 Å². The molecule has 4 atom stereocenters. The summed E-state index contributed by atoms with van der Waals surface area (Å²) < 4.78 is 13.3. The maximum Gasteiger partial charge on any atom is 0.408 e. The molecule has 2 fully saturated rings. The number of carbonyl (C=O) groups is 3. The molecule has 1 aliphatic heterocycles. The van der Waals surface area contributed by atoms with E-state index in [0.717, 1.165) is 17.4 Å². The van der Waals surface area contributed by atoms with E-state index in [2.05, 4.69) is 38.1 Å². The van der Waals surface area contributed by atoms with Gasteiger partial charge >= 0.3 is 6.09 Å². The monoisotopic (exact) mass is 482 g/mol. The van der Waals surface area contributed by atoms with Gasteiger partial charge in [-0.1, -0.05) is 13.0 Å². The van der Waals surface area contributed by atoms with Crippen LogP contribution in [0.4, 0.5) is 15.0 Å². The van der Waals surface area contributed by atoms with E-state index in [0.29, 0.717) is 25.8 Å². The highest BCUT2D eigenvalue weighted by atomic mass is 79.9. The fourth-order valence-electron chi connectivity index (χ4n) is 4.02. The van der Waals surface area contributed by atoms with Crippen LogP contribution in [0.5, 0.6) is 0 Å². The third kappa shape index (κ3) is 4.48. The minimum Gasteiger partial charge on any atom is -0.465 e. The van der Waals surface area contributed by atoms with Gasteiger partial charge in [0.2, 0.25) is 11.8 Å². The lowest BCUT2D eigenvalue weighted by Crippen LogP contribution is -2.44.